The first-order valence-electron chi connectivity index (χ1n) is 9.67. The third-order valence-electron chi connectivity index (χ3n) is 5.30. The zero-order valence-corrected chi connectivity index (χ0v) is 19.9. The van der Waals surface area contributed by atoms with Gasteiger partial charge in [0, 0.05) is 21.8 Å². The Balaban J connectivity index is 1.77. The van der Waals surface area contributed by atoms with Gasteiger partial charge in [0.2, 0.25) is 0 Å². The predicted molar refractivity (Wildman–Crippen MR) is 126 cm³/mol. The predicted octanol–water partition coefficient (Wildman–Crippen LogP) is 5.18. The van der Waals surface area contributed by atoms with E-state index in [1.165, 1.54) is 5.56 Å². The summed E-state index contributed by atoms with van der Waals surface area (Å²) >= 11 is 7.13. The summed E-state index contributed by atoms with van der Waals surface area (Å²) in [5.41, 5.74) is 5.36. The Morgan fingerprint density at radius 3 is 2.47 bits per heavy atom. The van der Waals surface area contributed by atoms with E-state index in [0.717, 1.165) is 37.1 Å². The number of ether oxygens (including phenoxy) is 1. The lowest BCUT2D eigenvalue weighted by molar-refractivity contribution is -0.731. The van der Waals surface area contributed by atoms with E-state index in [-0.39, 0.29) is 18.0 Å². The van der Waals surface area contributed by atoms with Crippen LogP contribution >= 0.6 is 31.9 Å². The van der Waals surface area contributed by atoms with Gasteiger partial charge in [0.05, 0.1) is 17.1 Å². The van der Waals surface area contributed by atoms with Crippen LogP contribution in [0.3, 0.4) is 0 Å². The Labute approximate surface area is 193 Å². The van der Waals surface area contributed by atoms with Gasteiger partial charge in [-0.3, -0.25) is 0 Å². The monoisotopic (exact) mass is 529 g/mol. The molecule has 0 amide bonds. The molecule has 3 aromatic carbocycles. The second-order valence-corrected chi connectivity index (χ2v) is 9.15. The van der Waals surface area contributed by atoms with E-state index in [0.29, 0.717) is 0 Å². The molecular weight excluding hydrogens is 508 g/mol. The number of quaternary nitrogens is 1. The molecule has 1 heterocycles. The highest BCUT2D eigenvalue weighted by molar-refractivity contribution is 9.10. The molecule has 1 aliphatic rings. The molecule has 4 nitrogen and oxygen atoms in total. The van der Waals surface area contributed by atoms with Crippen molar-refractivity contribution in [3.8, 4) is 11.5 Å². The van der Waals surface area contributed by atoms with Gasteiger partial charge in [-0.15, -0.1) is 0 Å². The number of phenolic OH excluding ortho intramolecular Hbond substituents is 1. The van der Waals surface area contributed by atoms with Gasteiger partial charge in [-0.2, -0.15) is 0 Å². The molecule has 0 saturated carbocycles. The van der Waals surface area contributed by atoms with Crippen LogP contribution in [0.25, 0.3) is 5.70 Å². The molecule has 3 aromatic rings. The number of rotatable bonds is 4. The van der Waals surface area contributed by atoms with Gasteiger partial charge in [-0.05, 0) is 64.8 Å². The third kappa shape index (κ3) is 4.41. The Bertz CT molecular complexity index is 1100. The molecule has 0 spiro atoms. The Morgan fingerprint density at radius 1 is 1.00 bits per heavy atom. The average molecular weight is 531 g/mol. The van der Waals surface area contributed by atoms with Crippen molar-refractivity contribution in [1.82, 2.24) is 5.32 Å². The van der Waals surface area contributed by atoms with Crippen molar-refractivity contribution in [1.29, 1.82) is 0 Å². The number of aromatic hydroxyl groups is 1. The van der Waals surface area contributed by atoms with Gasteiger partial charge < -0.3 is 20.5 Å². The van der Waals surface area contributed by atoms with Crippen molar-refractivity contribution >= 4 is 37.6 Å². The summed E-state index contributed by atoms with van der Waals surface area (Å²) in [5, 5.41) is 16.4. The van der Waals surface area contributed by atoms with Crippen LogP contribution in [-0.2, 0) is 0 Å². The Kier molecular flexibility index (Phi) is 6.18. The Morgan fingerprint density at radius 2 is 1.77 bits per heavy atom. The van der Waals surface area contributed by atoms with Crippen LogP contribution < -0.4 is 15.4 Å². The van der Waals surface area contributed by atoms with Crippen LogP contribution in [0.1, 0.15) is 34.5 Å². The highest BCUT2D eigenvalue weighted by atomic mass is 79.9. The topological polar surface area (TPSA) is 58.1 Å². The van der Waals surface area contributed by atoms with Crippen molar-refractivity contribution < 1.29 is 15.2 Å². The molecule has 0 radical (unpaired) electrons. The van der Waals surface area contributed by atoms with E-state index in [4.69, 9.17) is 4.74 Å². The van der Waals surface area contributed by atoms with Crippen LogP contribution in [0.2, 0.25) is 0 Å². The van der Waals surface area contributed by atoms with Crippen LogP contribution in [0.4, 0.5) is 0 Å². The molecule has 2 unspecified atom stereocenters. The van der Waals surface area contributed by atoms with Crippen molar-refractivity contribution in [2.24, 2.45) is 0 Å². The molecule has 154 valence electrons. The first kappa shape index (κ1) is 21.0. The standard InChI is InChI=1S/C24H22Br2N2O2/c1-14-3-5-15(6-4-14)20-13-21(18-12-17(25)8-9-22(18)29)28-24(27-20)16-7-10-23(30-2)19(26)11-16/h3-13,21,24,27-29H,1-2H3/p+1. The smallest absolute Gasteiger partial charge is 0.186 e. The van der Waals surface area contributed by atoms with E-state index in [1.807, 2.05) is 18.2 Å². The maximum atomic E-state index is 10.5. The molecule has 0 bridgehead atoms. The number of aryl methyl sites for hydroxylation is 1. The largest absolute Gasteiger partial charge is 0.507 e. The number of halogens is 2. The van der Waals surface area contributed by atoms with Crippen LogP contribution in [-0.4, -0.2) is 12.2 Å². The second kappa shape index (κ2) is 8.84. The minimum atomic E-state index is -0.0501. The highest BCUT2D eigenvalue weighted by Gasteiger charge is 2.30. The zero-order chi connectivity index (χ0) is 21.3. The zero-order valence-electron chi connectivity index (χ0n) is 16.7. The summed E-state index contributed by atoms with van der Waals surface area (Å²) in [6.45, 7) is 2.08. The summed E-state index contributed by atoms with van der Waals surface area (Å²) in [6, 6.07) is 20.1. The van der Waals surface area contributed by atoms with Crippen molar-refractivity contribution in [3.05, 3.63) is 97.9 Å². The summed E-state index contributed by atoms with van der Waals surface area (Å²) in [6.07, 6.45) is 2.14. The lowest BCUT2D eigenvalue weighted by Gasteiger charge is -2.30. The summed E-state index contributed by atoms with van der Waals surface area (Å²) in [7, 11) is 1.66. The minimum Gasteiger partial charge on any atom is -0.507 e. The number of hydrogen-bond acceptors (Lipinski definition) is 3. The lowest BCUT2D eigenvalue weighted by Crippen LogP contribution is -2.89. The molecule has 0 fully saturated rings. The summed E-state index contributed by atoms with van der Waals surface area (Å²) < 4.78 is 7.23. The van der Waals surface area contributed by atoms with Crippen molar-refractivity contribution in [2.45, 2.75) is 19.1 Å². The van der Waals surface area contributed by atoms with Gasteiger partial charge in [0.1, 0.15) is 17.5 Å². The SMILES string of the molecule is COc1ccc(C2NC(c3ccc(C)cc3)=CC(c3cc(Br)ccc3O)[NH2+]2)cc1Br. The van der Waals surface area contributed by atoms with Gasteiger partial charge in [0.25, 0.3) is 0 Å². The number of nitrogens with one attached hydrogen (secondary N) is 1. The van der Waals surface area contributed by atoms with Gasteiger partial charge >= 0.3 is 0 Å². The van der Waals surface area contributed by atoms with E-state index in [1.54, 1.807) is 13.2 Å². The molecule has 30 heavy (non-hydrogen) atoms. The molecular formula is C24H23Br2N2O2+. The number of benzene rings is 3. The quantitative estimate of drug-likeness (QED) is 0.435. The third-order valence-corrected chi connectivity index (χ3v) is 6.42. The van der Waals surface area contributed by atoms with Crippen molar-refractivity contribution in [2.75, 3.05) is 7.11 Å². The molecule has 4 rings (SSSR count). The molecule has 0 aromatic heterocycles. The molecule has 0 saturated heterocycles. The van der Waals surface area contributed by atoms with Gasteiger partial charge in [0.15, 0.2) is 6.17 Å². The van der Waals surface area contributed by atoms with Crippen molar-refractivity contribution in [3.63, 3.8) is 0 Å². The van der Waals surface area contributed by atoms with E-state index in [2.05, 4.69) is 91.9 Å². The maximum Gasteiger partial charge on any atom is 0.186 e. The second-order valence-electron chi connectivity index (χ2n) is 7.38. The maximum absolute atomic E-state index is 10.5. The number of methoxy groups -OCH3 is 1. The van der Waals surface area contributed by atoms with Gasteiger partial charge in [-0.25, -0.2) is 0 Å². The normalized spacial score (nSPS) is 18.5. The van der Waals surface area contributed by atoms with Crippen LogP contribution in [0.5, 0.6) is 11.5 Å². The number of phenols is 1. The van der Waals surface area contributed by atoms with Crippen LogP contribution in [0.15, 0.2) is 75.7 Å². The lowest BCUT2D eigenvalue weighted by atomic mass is 9.97. The summed E-state index contributed by atoms with van der Waals surface area (Å²) in [5.74, 6) is 1.08. The number of hydrogen-bond donors (Lipinski definition) is 3. The Hall–Kier alpha value is -2.28. The van der Waals surface area contributed by atoms with E-state index < -0.39 is 0 Å². The molecule has 2 atom stereocenters. The molecule has 1 aliphatic heterocycles. The van der Waals surface area contributed by atoms with Gasteiger partial charge in [-0.1, -0.05) is 45.8 Å². The summed E-state index contributed by atoms with van der Waals surface area (Å²) in [4.78, 5) is 0. The molecule has 6 heteroatoms. The van der Waals surface area contributed by atoms with E-state index >= 15 is 0 Å². The van der Waals surface area contributed by atoms with E-state index in [9.17, 15) is 5.11 Å². The average Bonchev–Trinajstić information content (AvgIpc) is 2.75. The molecule has 4 N–H and O–H groups in total. The fourth-order valence-corrected chi connectivity index (χ4v) is 4.61. The number of nitrogens with two attached hydrogens (primary N) is 1. The fourth-order valence-electron chi connectivity index (χ4n) is 3.68. The first-order valence-corrected chi connectivity index (χ1v) is 11.3. The minimum absolute atomic E-state index is 0.0307. The fraction of sp³-hybridized carbons (Fsp3) is 0.167. The van der Waals surface area contributed by atoms with Crippen LogP contribution in [0, 0.1) is 6.92 Å². The molecule has 0 aliphatic carbocycles. The highest BCUT2D eigenvalue weighted by Crippen LogP contribution is 2.32. The first-order chi connectivity index (χ1) is 14.4.